The molecule has 3 aromatic carbocycles. The molecule has 4 aromatic rings. The maximum Gasteiger partial charge on any atom is 0.417 e. The fourth-order valence-corrected chi connectivity index (χ4v) is 6.68. The van der Waals surface area contributed by atoms with Crippen LogP contribution >= 0.6 is 0 Å². The van der Waals surface area contributed by atoms with Crippen LogP contribution in [0.1, 0.15) is 80.9 Å². The van der Waals surface area contributed by atoms with E-state index in [1.54, 1.807) is 30.5 Å². The predicted octanol–water partition coefficient (Wildman–Crippen LogP) is 10.6. The Labute approximate surface area is 271 Å². The van der Waals surface area contributed by atoms with E-state index < -0.39 is 11.7 Å². The van der Waals surface area contributed by atoms with E-state index in [1.807, 2.05) is 32.0 Å². The van der Waals surface area contributed by atoms with Gasteiger partial charge in [0.25, 0.3) is 0 Å². The molecule has 1 heterocycles. The van der Waals surface area contributed by atoms with E-state index in [-0.39, 0.29) is 43.1 Å². The Bertz CT molecular complexity index is 1610. The Morgan fingerprint density at radius 1 is 0.886 bits per heavy atom. The summed E-state index contributed by atoms with van der Waals surface area (Å²) in [5.41, 5.74) is 2.84. The smallest absolute Gasteiger partial charge is 0.417 e. The molecule has 3 nitrogen and oxygen atoms in total. The van der Waals surface area contributed by atoms with Gasteiger partial charge in [-0.1, -0.05) is 76.6 Å². The molecule has 2 saturated carbocycles. The number of halogens is 3. The number of hydrogen-bond donors (Lipinski definition) is 1. The summed E-state index contributed by atoms with van der Waals surface area (Å²) >= 11 is 0. The zero-order valence-electron chi connectivity index (χ0n) is 25.3. The number of nitrogens with zero attached hydrogens (tertiary/aromatic N) is 1. The third-order valence-corrected chi connectivity index (χ3v) is 8.82. The van der Waals surface area contributed by atoms with Crippen molar-refractivity contribution in [3.8, 4) is 11.3 Å². The molecule has 2 fully saturated rings. The molecule has 44 heavy (non-hydrogen) atoms. The van der Waals surface area contributed by atoms with Crippen molar-refractivity contribution in [2.24, 2.45) is 11.8 Å². The number of rotatable bonds is 4. The molecule has 0 aliphatic heterocycles. The van der Waals surface area contributed by atoms with Crippen LogP contribution < -0.4 is 0 Å². The minimum atomic E-state index is -4.41. The molecule has 7 heteroatoms. The Hall–Kier alpha value is -3.02. The standard InChI is InChI=1S/C22H15F3N.C15H24O2.Ir/c1-13-10-14(2)12-16(11-13)21-18-7-6-15-4-3-5-19(22(23,24)25)20(15)17(18)8-9-26-21;16-14(12-7-3-1-4-8-12)11-15(17)13-9-5-2-6-10-13;/h3-11H,1-2H3;11-13,16H,1-10H2;/q-1;;/b;14-11-;. The van der Waals surface area contributed by atoms with Crippen LogP contribution in [0.2, 0.25) is 0 Å². The van der Waals surface area contributed by atoms with Crippen molar-refractivity contribution in [2.75, 3.05) is 0 Å². The van der Waals surface area contributed by atoms with Crippen molar-refractivity contribution in [3.05, 3.63) is 89.3 Å². The molecular formula is C37H39F3IrNO2-. The van der Waals surface area contributed by atoms with Crippen LogP contribution in [0.15, 0.2) is 66.6 Å². The van der Waals surface area contributed by atoms with E-state index in [2.05, 4.69) is 11.1 Å². The third-order valence-electron chi connectivity index (χ3n) is 8.82. The van der Waals surface area contributed by atoms with Crippen molar-refractivity contribution >= 4 is 27.3 Å². The normalized spacial score (nSPS) is 16.7. The van der Waals surface area contributed by atoms with Gasteiger partial charge < -0.3 is 10.1 Å². The number of carbonyl (C=O) groups is 1. The van der Waals surface area contributed by atoms with Gasteiger partial charge in [-0.25, -0.2) is 0 Å². The van der Waals surface area contributed by atoms with E-state index in [0.29, 0.717) is 27.6 Å². The first kappa shape index (κ1) is 33.9. The van der Waals surface area contributed by atoms with Crippen molar-refractivity contribution in [1.29, 1.82) is 0 Å². The van der Waals surface area contributed by atoms with Gasteiger partial charge in [-0.2, -0.15) is 13.2 Å². The molecular weight excluding hydrogens is 740 g/mol. The van der Waals surface area contributed by atoms with Crippen LogP contribution in [0.25, 0.3) is 32.8 Å². The van der Waals surface area contributed by atoms with Crippen LogP contribution in [0, 0.1) is 31.7 Å². The summed E-state index contributed by atoms with van der Waals surface area (Å²) in [4.78, 5) is 16.5. The van der Waals surface area contributed by atoms with Gasteiger partial charge in [0.2, 0.25) is 0 Å². The average molecular weight is 779 g/mol. The molecule has 0 atom stereocenters. The molecule has 0 amide bonds. The van der Waals surface area contributed by atoms with E-state index >= 15 is 0 Å². The van der Waals surface area contributed by atoms with Gasteiger partial charge in [-0.3, -0.25) is 4.79 Å². The van der Waals surface area contributed by atoms with Gasteiger partial charge in [-0.05, 0) is 59.7 Å². The number of benzene rings is 3. The van der Waals surface area contributed by atoms with Crippen LogP contribution in [-0.2, 0) is 31.1 Å². The molecule has 0 unspecified atom stereocenters. The number of aliphatic hydroxyl groups is 1. The van der Waals surface area contributed by atoms with Gasteiger partial charge in [0.05, 0.1) is 11.3 Å². The monoisotopic (exact) mass is 779 g/mol. The van der Waals surface area contributed by atoms with Gasteiger partial charge in [0.15, 0.2) is 5.78 Å². The first-order valence-corrected chi connectivity index (χ1v) is 15.4. The summed E-state index contributed by atoms with van der Waals surface area (Å²) < 4.78 is 40.7. The van der Waals surface area contributed by atoms with Crippen molar-refractivity contribution in [1.82, 2.24) is 4.98 Å². The largest absolute Gasteiger partial charge is 0.512 e. The molecule has 1 aromatic heterocycles. The zero-order valence-corrected chi connectivity index (χ0v) is 27.7. The number of hydrogen-bond acceptors (Lipinski definition) is 3. The second kappa shape index (κ2) is 14.8. The van der Waals surface area contributed by atoms with Gasteiger partial charge in [0.1, 0.15) is 0 Å². The minimum Gasteiger partial charge on any atom is -0.512 e. The molecule has 235 valence electrons. The quantitative estimate of drug-likeness (QED) is 0.0972. The third kappa shape index (κ3) is 7.97. The summed E-state index contributed by atoms with van der Waals surface area (Å²) in [6, 6.07) is 16.7. The van der Waals surface area contributed by atoms with Gasteiger partial charge in [-0.15, -0.1) is 34.9 Å². The predicted molar refractivity (Wildman–Crippen MR) is 167 cm³/mol. The second-order valence-corrected chi connectivity index (χ2v) is 12.1. The maximum atomic E-state index is 13.6. The SMILES string of the molecule is Cc1[c-]c(-c2nccc3c2ccc2cccc(C(F)(F)F)c23)cc(C)c1.O=C(/C=C(\O)C1CCCCC1)C1CCCCC1.[Ir]. The minimum absolute atomic E-state index is 0. The number of allylic oxidation sites excluding steroid dienone is 2. The number of alkyl halides is 3. The first-order valence-electron chi connectivity index (χ1n) is 15.4. The zero-order chi connectivity index (χ0) is 30.6. The molecule has 1 N–H and O–H groups in total. The number of aryl methyl sites for hydroxylation is 2. The summed E-state index contributed by atoms with van der Waals surface area (Å²) in [5, 5.41) is 12.0. The van der Waals surface area contributed by atoms with Crippen LogP contribution in [-0.4, -0.2) is 15.9 Å². The molecule has 1 radical (unpaired) electrons. The molecule has 0 spiro atoms. The van der Waals surface area contributed by atoms with Crippen molar-refractivity contribution in [2.45, 2.75) is 84.2 Å². The Kier molecular flexibility index (Phi) is 11.4. The summed E-state index contributed by atoms with van der Waals surface area (Å²) in [6.45, 7) is 3.92. The van der Waals surface area contributed by atoms with E-state index in [4.69, 9.17) is 0 Å². The van der Waals surface area contributed by atoms with Gasteiger partial charge >= 0.3 is 6.18 Å². The van der Waals surface area contributed by atoms with E-state index in [9.17, 15) is 23.1 Å². The Morgan fingerprint density at radius 3 is 2.18 bits per heavy atom. The van der Waals surface area contributed by atoms with Gasteiger partial charge in [0, 0.05) is 49.6 Å². The summed E-state index contributed by atoms with van der Waals surface area (Å²) in [6.07, 6.45) is 10.1. The van der Waals surface area contributed by atoms with Crippen LogP contribution in [0.4, 0.5) is 13.2 Å². The van der Waals surface area contributed by atoms with Crippen LogP contribution in [0.3, 0.4) is 0 Å². The van der Waals surface area contributed by atoms with Crippen molar-refractivity contribution < 1.29 is 43.2 Å². The molecule has 2 aliphatic rings. The Balaban J connectivity index is 0.000000214. The van der Waals surface area contributed by atoms with E-state index in [0.717, 1.165) is 48.4 Å². The number of pyridine rings is 1. The maximum absolute atomic E-state index is 13.6. The van der Waals surface area contributed by atoms with E-state index in [1.165, 1.54) is 44.6 Å². The molecule has 0 saturated heterocycles. The fourth-order valence-electron chi connectivity index (χ4n) is 6.68. The average Bonchev–Trinajstić information content (AvgIpc) is 3.00. The number of fused-ring (bicyclic) bond motifs is 3. The van der Waals surface area contributed by atoms with Crippen molar-refractivity contribution in [3.63, 3.8) is 0 Å². The topological polar surface area (TPSA) is 50.2 Å². The number of carbonyl (C=O) groups excluding carboxylic acids is 1. The second-order valence-electron chi connectivity index (χ2n) is 12.1. The van der Waals surface area contributed by atoms with Crippen LogP contribution in [0.5, 0.6) is 0 Å². The number of aromatic nitrogens is 1. The summed E-state index contributed by atoms with van der Waals surface area (Å²) in [5.74, 6) is 0.985. The molecule has 2 aliphatic carbocycles. The molecule has 6 rings (SSSR count). The Morgan fingerprint density at radius 2 is 1.55 bits per heavy atom. The molecule has 0 bridgehead atoms. The summed E-state index contributed by atoms with van der Waals surface area (Å²) in [7, 11) is 0. The number of ketones is 1. The number of aliphatic hydroxyl groups excluding tert-OH is 1. The first-order chi connectivity index (χ1) is 20.6. The fraction of sp³-hybridized carbons (Fsp3) is 0.405.